The summed E-state index contributed by atoms with van der Waals surface area (Å²) < 4.78 is 0. The molecule has 0 saturated heterocycles. The average molecular weight is 350 g/mol. The van der Waals surface area contributed by atoms with Gasteiger partial charge >= 0.3 is 0 Å². The first-order valence-corrected chi connectivity index (χ1v) is 9.44. The highest BCUT2D eigenvalue weighted by atomic mass is 32.2. The fourth-order valence-corrected chi connectivity index (χ4v) is 3.89. The SMILES string of the molecule is C=CC[C@@H]1CC=C[C@@H](c2ccccc2)N1C(=O)CSc1ccncc1. The molecule has 4 heteroatoms. The maximum Gasteiger partial charge on any atom is 0.233 e. The van der Waals surface area contributed by atoms with E-state index in [9.17, 15) is 4.79 Å². The second-order valence-corrected chi connectivity index (χ2v) is 7.02. The standard InChI is InChI=1S/C21H22N2OS/c1-2-7-18-10-6-11-20(17-8-4-3-5-9-17)23(18)21(24)16-25-19-12-14-22-15-13-19/h2-6,8-9,11-15,18,20H,1,7,10,16H2/t18-,20+/m1/s1. The number of benzene rings is 1. The van der Waals surface area contributed by atoms with Crippen molar-refractivity contribution in [3.05, 3.63) is 85.2 Å². The maximum absolute atomic E-state index is 13.1. The summed E-state index contributed by atoms with van der Waals surface area (Å²) in [5.41, 5.74) is 1.15. The molecule has 0 spiro atoms. The third kappa shape index (κ3) is 4.40. The lowest BCUT2D eigenvalue weighted by molar-refractivity contribution is -0.132. The van der Waals surface area contributed by atoms with Gasteiger partial charge in [0.05, 0.1) is 11.8 Å². The molecule has 3 nitrogen and oxygen atoms in total. The number of aromatic nitrogens is 1. The van der Waals surface area contributed by atoms with Gasteiger partial charge in [-0.3, -0.25) is 9.78 Å². The first-order chi connectivity index (χ1) is 12.3. The van der Waals surface area contributed by atoms with Crippen LogP contribution < -0.4 is 0 Å². The molecule has 0 saturated carbocycles. The molecular formula is C21H22N2OS. The lowest BCUT2D eigenvalue weighted by Crippen LogP contribution is -2.44. The number of hydrogen-bond donors (Lipinski definition) is 0. The molecule has 1 amide bonds. The van der Waals surface area contributed by atoms with Crippen LogP contribution in [0.2, 0.25) is 0 Å². The summed E-state index contributed by atoms with van der Waals surface area (Å²) >= 11 is 1.56. The highest BCUT2D eigenvalue weighted by molar-refractivity contribution is 8.00. The Morgan fingerprint density at radius 2 is 2.00 bits per heavy atom. The van der Waals surface area contributed by atoms with Gasteiger partial charge in [0.15, 0.2) is 0 Å². The Kier molecular flexibility index (Phi) is 6.07. The number of hydrogen-bond acceptors (Lipinski definition) is 3. The van der Waals surface area contributed by atoms with E-state index in [1.54, 1.807) is 24.2 Å². The highest BCUT2D eigenvalue weighted by Crippen LogP contribution is 2.32. The molecular weight excluding hydrogens is 328 g/mol. The minimum atomic E-state index is -0.00885. The van der Waals surface area contributed by atoms with Crippen LogP contribution in [0.3, 0.4) is 0 Å². The van der Waals surface area contributed by atoms with Gasteiger partial charge in [0.2, 0.25) is 5.91 Å². The highest BCUT2D eigenvalue weighted by Gasteiger charge is 2.31. The van der Waals surface area contributed by atoms with Gasteiger partial charge in [-0.15, -0.1) is 18.3 Å². The van der Waals surface area contributed by atoms with Crippen LogP contribution in [-0.4, -0.2) is 27.6 Å². The lowest BCUT2D eigenvalue weighted by Gasteiger charge is -2.39. The van der Waals surface area contributed by atoms with Crippen molar-refractivity contribution in [2.75, 3.05) is 5.75 Å². The van der Waals surface area contributed by atoms with Crippen molar-refractivity contribution < 1.29 is 4.79 Å². The van der Waals surface area contributed by atoms with Crippen molar-refractivity contribution in [2.45, 2.75) is 29.8 Å². The molecule has 2 aromatic rings. The molecule has 0 bridgehead atoms. The van der Waals surface area contributed by atoms with Crippen LogP contribution in [0.1, 0.15) is 24.4 Å². The minimum absolute atomic E-state index is 0.00885. The van der Waals surface area contributed by atoms with Crippen molar-refractivity contribution in [2.24, 2.45) is 0 Å². The number of carbonyl (C=O) groups is 1. The van der Waals surface area contributed by atoms with Gasteiger partial charge in [0.25, 0.3) is 0 Å². The van der Waals surface area contributed by atoms with Gasteiger partial charge in [-0.2, -0.15) is 0 Å². The van der Waals surface area contributed by atoms with Gasteiger partial charge in [0.1, 0.15) is 0 Å². The summed E-state index contributed by atoms with van der Waals surface area (Å²) in [5.74, 6) is 0.585. The predicted molar refractivity (Wildman–Crippen MR) is 103 cm³/mol. The zero-order valence-electron chi connectivity index (χ0n) is 14.1. The molecule has 0 aliphatic carbocycles. The van der Waals surface area contributed by atoms with Crippen molar-refractivity contribution in [3.8, 4) is 0 Å². The van der Waals surface area contributed by atoms with Gasteiger partial charge in [0, 0.05) is 23.3 Å². The van der Waals surface area contributed by atoms with Crippen molar-refractivity contribution in [1.29, 1.82) is 0 Å². The van der Waals surface area contributed by atoms with Gasteiger partial charge in [-0.05, 0) is 30.5 Å². The smallest absolute Gasteiger partial charge is 0.233 e. The van der Waals surface area contributed by atoms with E-state index in [0.29, 0.717) is 5.75 Å². The normalized spacial score (nSPS) is 19.6. The average Bonchev–Trinajstić information content (AvgIpc) is 2.68. The molecule has 2 atom stereocenters. The zero-order valence-corrected chi connectivity index (χ0v) is 14.9. The molecule has 1 aromatic heterocycles. The van der Waals surface area contributed by atoms with Crippen LogP contribution in [0.4, 0.5) is 0 Å². The summed E-state index contributed by atoms with van der Waals surface area (Å²) in [4.78, 5) is 20.2. The summed E-state index contributed by atoms with van der Waals surface area (Å²) in [6, 6.07) is 14.2. The van der Waals surface area contributed by atoms with Crippen LogP contribution in [-0.2, 0) is 4.79 Å². The summed E-state index contributed by atoms with van der Waals surface area (Å²) in [7, 11) is 0. The summed E-state index contributed by atoms with van der Waals surface area (Å²) in [5, 5.41) is 0. The van der Waals surface area contributed by atoms with Crippen LogP contribution in [0.15, 0.2) is 84.6 Å². The minimum Gasteiger partial charge on any atom is -0.328 e. The van der Waals surface area contributed by atoms with Gasteiger partial charge in [-0.1, -0.05) is 48.6 Å². The van der Waals surface area contributed by atoms with E-state index in [-0.39, 0.29) is 18.0 Å². The molecule has 0 unspecified atom stereocenters. The fraction of sp³-hybridized carbons (Fsp3) is 0.238. The Bertz CT molecular complexity index is 730. The predicted octanol–water partition coefficient (Wildman–Crippen LogP) is 4.65. The Balaban J connectivity index is 1.80. The number of pyridine rings is 1. The van der Waals surface area contributed by atoms with E-state index >= 15 is 0 Å². The number of amides is 1. The van der Waals surface area contributed by atoms with Crippen LogP contribution in [0.25, 0.3) is 0 Å². The third-order valence-corrected chi connectivity index (χ3v) is 5.30. The van der Waals surface area contributed by atoms with Crippen molar-refractivity contribution >= 4 is 17.7 Å². The monoisotopic (exact) mass is 350 g/mol. The van der Waals surface area contributed by atoms with Crippen molar-refractivity contribution in [1.82, 2.24) is 9.88 Å². The number of thioether (sulfide) groups is 1. The summed E-state index contributed by atoms with van der Waals surface area (Å²) in [6.07, 6.45) is 11.4. The molecule has 128 valence electrons. The lowest BCUT2D eigenvalue weighted by atomic mass is 9.95. The molecule has 25 heavy (non-hydrogen) atoms. The number of rotatable bonds is 6. The second-order valence-electron chi connectivity index (χ2n) is 5.97. The molecule has 1 aliphatic rings. The first-order valence-electron chi connectivity index (χ1n) is 8.46. The molecule has 3 rings (SSSR count). The first kappa shape index (κ1) is 17.5. The van der Waals surface area contributed by atoms with Gasteiger partial charge in [-0.25, -0.2) is 0 Å². The van der Waals surface area contributed by atoms with E-state index in [4.69, 9.17) is 0 Å². The topological polar surface area (TPSA) is 33.2 Å². The third-order valence-electron chi connectivity index (χ3n) is 4.30. The molecule has 2 heterocycles. The quantitative estimate of drug-likeness (QED) is 0.562. The Morgan fingerprint density at radius 1 is 1.24 bits per heavy atom. The van der Waals surface area contributed by atoms with E-state index in [2.05, 4.69) is 35.8 Å². The number of carbonyl (C=O) groups excluding carboxylic acids is 1. The Labute approximate surface area is 153 Å². The molecule has 1 aliphatic heterocycles. The van der Waals surface area contributed by atoms with E-state index in [0.717, 1.165) is 23.3 Å². The molecule has 0 radical (unpaired) electrons. The number of nitrogens with zero attached hydrogens (tertiary/aromatic N) is 2. The Hall–Kier alpha value is -2.33. The van der Waals surface area contributed by atoms with E-state index in [1.807, 2.05) is 41.3 Å². The molecule has 1 aromatic carbocycles. The maximum atomic E-state index is 13.1. The van der Waals surface area contributed by atoms with Gasteiger partial charge < -0.3 is 4.90 Å². The van der Waals surface area contributed by atoms with Crippen LogP contribution >= 0.6 is 11.8 Å². The second kappa shape index (κ2) is 8.67. The van der Waals surface area contributed by atoms with E-state index < -0.39 is 0 Å². The van der Waals surface area contributed by atoms with Crippen LogP contribution in [0, 0.1) is 0 Å². The van der Waals surface area contributed by atoms with Crippen LogP contribution in [0.5, 0.6) is 0 Å². The fourth-order valence-electron chi connectivity index (χ4n) is 3.13. The molecule has 0 N–H and O–H groups in total. The Morgan fingerprint density at radius 3 is 2.72 bits per heavy atom. The van der Waals surface area contributed by atoms with Crippen molar-refractivity contribution in [3.63, 3.8) is 0 Å². The summed E-state index contributed by atoms with van der Waals surface area (Å²) in [6.45, 7) is 3.87. The zero-order chi connectivity index (χ0) is 17.5. The molecule has 0 fully saturated rings. The largest absolute Gasteiger partial charge is 0.328 e. The van der Waals surface area contributed by atoms with E-state index in [1.165, 1.54) is 0 Å².